The summed E-state index contributed by atoms with van der Waals surface area (Å²) in [5.74, 6) is 0.228. The van der Waals surface area contributed by atoms with Gasteiger partial charge in [-0.05, 0) is 42.4 Å². The zero-order valence-electron chi connectivity index (χ0n) is 12.3. The summed E-state index contributed by atoms with van der Waals surface area (Å²) >= 11 is 0. The van der Waals surface area contributed by atoms with E-state index in [0.717, 1.165) is 25.3 Å². The predicted molar refractivity (Wildman–Crippen MR) is 80.6 cm³/mol. The molecule has 0 spiro atoms. The first-order valence-corrected chi connectivity index (χ1v) is 8.89. The Balaban J connectivity index is 2.08. The second kappa shape index (κ2) is 6.85. The lowest BCUT2D eigenvalue weighted by Gasteiger charge is -2.26. The normalized spacial score (nSPS) is 23.2. The fourth-order valence-corrected chi connectivity index (χ4v) is 4.17. The van der Waals surface area contributed by atoms with Crippen molar-refractivity contribution in [1.29, 1.82) is 0 Å². The largest absolute Gasteiger partial charge is 0.326 e. The molecule has 1 aliphatic rings. The van der Waals surface area contributed by atoms with E-state index in [1.807, 2.05) is 0 Å². The van der Waals surface area contributed by atoms with Crippen LogP contribution < -0.4 is 10.5 Å². The Bertz CT molecular complexity index is 589. The van der Waals surface area contributed by atoms with Crippen LogP contribution in [0.5, 0.6) is 0 Å². The average molecular weight is 314 g/mol. The number of nitrogens with two attached hydrogens (primary N) is 1. The van der Waals surface area contributed by atoms with E-state index >= 15 is 0 Å². The number of rotatable bonds is 5. The summed E-state index contributed by atoms with van der Waals surface area (Å²) in [5.41, 5.74) is 6.08. The van der Waals surface area contributed by atoms with E-state index in [-0.39, 0.29) is 11.4 Å². The molecule has 0 saturated heterocycles. The van der Waals surface area contributed by atoms with Crippen molar-refractivity contribution in [3.63, 3.8) is 0 Å². The average Bonchev–Trinajstić information content (AvgIpc) is 2.46. The minimum Gasteiger partial charge on any atom is -0.326 e. The van der Waals surface area contributed by atoms with E-state index in [9.17, 15) is 12.8 Å². The van der Waals surface area contributed by atoms with Crippen molar-refractivity contribution in [1.82, 2.24) is 4.72 Å². The van der Waals surface area contributed by atoms with Crippen LogP contribution in [0.1, 0.15) is 38.2 Å². The number of hydrogen-bond acceptors (Lipinski definition) is 3. The van der Waals surface area contributed by atoms with Crippen LogP contribution in [0.15, 0.2) is 23.1 Å². The Morgan fingerprint density at radius 3 is 2.81 bits per heavy atom. The van der Waals surface area contributed by atoms with Crippen molar-refractivity contribution in [3.05, 3.63) is 29.6 Å². The Morgan fingerprint density at radius 2 is 2.14 bits per heavy atom. The van der Waals surface area contributed by atoms with Crippen LogP contribution in [0.2, 0.25) is 0 Å². The van der Waals surface area contributed by atoms with Crippen LogP contribution in [-0.4, -0.2) is 15.0 Å². The van der Waals surface area contributed by atoms with Gasteiger partial charge in [0, 0.05) is 13.1 Å². The molecule has 0 aliphatic heterocycles. The standard InChI is InChI=1S/C15H23FN2O2S/c1-11-3-2-4-13(7-11)10-18-21(19,20)15-8-12(9-17)5-6-14(15)16/h5-6,8,11,13,18H,2-4,7,9-10,17H2,1H3. The molecule has 0 bridgehead atoms. The molecule has 2 rings (SSSR count). The monoisotopic (exact) mass is 314 g/mol. The van der Waals surface area contributed by atoms with Gasteiger partial charge in [0.05, 0.1) is 0 Å². The van der Waals surface area contributed by atoms with Gasteiger partial charge in [-0.3, -0.25) is 0 Å². The summed E-state index contributed by atoms with van der Waals surface area (Å²) in [7, 11) is -3.82. The third-order valence-corrected chi connectivity index (χ3v) is 5.57. The Kier molecular flexibility index (Phi) is 5.35. The molecule has 1 aliphatic carbocycles. The molecule has 2 unspecified atom stereocenters. The maximum absolute atomic E-state index is 13.8. The van der Waals surface area contributed by atoms with Crippen LogP contribution in [0.3, 0.4) is 0 Å². The lowest BCUT2D eigenvalue weighted by molar-refractivity contribution is 0.283. The number of benzene rings is 1. The van der Waals surface area contributed by atoms with Gasteiger partial charge in [0.25, 0.3) is 0 Å². The SMILES string of the molecule is CC1CCCC(CNS(=O)(=O)c2cc(CN)ccc2F)C1. The smallest absolute Gasteiger partial charge is 0.243 e. The molecule has 1 aromatic rings. The fraction of sp³-hybridized carbons (Fsp3) is 0.600. The van der Waals surface area contributed by atoms with Gasteiger partial charge in [-0.25, -0.2) is 17.5 Å². The summed E-state index contributed by atoms with van der Waals surface area (Å²) in [5, 5.41) is 0. The second-order valence-corrected chi connectivity index (χ2v) is 7.69. The highest BCUT2D eigenvalue weighted by Gasteiger charge is 2.23. The highest BCUT2D eigenvalue weighted by atomic mass is 32.2. The summed E-state index contributed by atoms with van der Waals surface area (Å²) in [6.45, 7) is 2.74. The van der Waals surface area contributed by atoms with E-state index in [0.29, 0.717) is 23.9 Å². The van der Waals surface area contributed by atoms with E-state index < -0.39 is 15.8 Å². The topological polar surface area (TPSA) is 72.2 Å². The van der Waals surface area contributed by atoms with Crippen molar-refractivity contribution in [2.75, 3.05) is 6.54 Å². The van der Waals surface area contributed by atoms with Crippen molar-refractivity contribution < 1.29 is 12.8 Å². The number of nitrogens with one attached hydrogen (secondary N) is 1. The molecule has 0 radical (unpaired) electrons. The molecule has 0 heterocycles. The van der Waals surface area contributed by atoms with Gasteiger partial charge in [0.2, 0.25) is 10.0 Å². The third-order valence-electron chi connectivity index (χ3n) is 4.13. The maximum Gasteiger partial charge on any atom is 0.243 e. The van der Waals surface area contributed by atoms with Crippen LogP contribution in [0, 0.1) is 17.7 Å². The van der Waals surface area contributed by atoms with E-state index in [2.05, 4.69) is 11.6 Å². The first kappa shape index (κ1) is 16.4. The van der Waals surface area contributed by atoms with Gasteiger partial charge in [-0.2, -0.15) is 0 Å². The van der Waals surface area contributed by atoms with Crippen LogP contribution >= 0.6 is 0 Å². The molecule has 1 saturated carbocycles. The molecule has 4 nitrogen and oxygen atoms in total. The summed E-state index contributed by atoms with van der Waals surface area (Å²) in [6, 6.07) is 3.96. The molecule has 2 atom stereocenters. The molecule has 6 heteroatoms. The van der Waals surface area contributed by atoms with Crippen molar-refractivity contribution in [3.8, 4) is 0 Å². The molecule has 0 amide bonds. The molecule has 1 aromatic carbocycles. The fourth-order valence-electron chi connectivity index (χ4n) is 2.93. The quantitative estimate of drug-likeness (QED) is 0.876. The predicted octanol–water partition coefficient (Wildman–Crippen LogP) is 2.39. The Hall–Kier alpha value is -0.980. The van der Waals surface area contributed by atoms with Crippen LogP contribution in [-0.2, 0) is 16.6 Å². The van der Waals surface area contributed by atoms with E-state index in [1.54, 1.807) is 0 Å². The first-order chi connectivity index (χ1) is 9.92. The Morgan fingerprint density at radius 1 is 1.38 bits per heavy atom. The molecule has 0 aromatic heterocycles. The minimum absolute atomic E-state index is 0.183. The highest BCUT2D eigenvalue weighted by molar-refractivity contribution is 7.89. The lowest BCUT2D eigenvalue weighted by Crippen LogP contribution is -2.32. The maximum atomic E-state index is 13.8. The number of sulfonamides is 1. The van der Waals surface area contributed by atoms with Crippen molar-refractivity contribution in [2.45, 2.75) is 44.0 Å². The second-order valence-electron chi connectivity index (χ2n) is 5.96. The molecule has 1 fully saturated rings. The summed E-state index contributed by atoms with van der Waals surface area (Å²) in [6.07, 6.45) is 4.38. The number of hydrogen-bond donors (Lipinski definition) is 2. The van der Waals surface area contributed by atoms with Crippen molar-refractivity contribution >= 4 is 10.0 Å². The zero-order valence-corrected chi connectivity index (χ0v) is 13.1. The number of halogens is 1. The lowest BCUT2D eigenvalue weighted by atomic mass is 9.83. The molecule has 3 N–H and O–H groups in total. The van der Waals surface area contributed by atoms with Crippen molar-refractivity contribution in [2.24, 2.45) is 17.6 Å². The van der Waals surface area contributed by atoms with Gasteiger partial charge in [-0.15, -0.1) is 0 Å². The van der Waals surface area contributed by atoms with E-state index in [1.165, 1.54) is 18.6 Å². The molecule has 21 heavy (non-hydrogen) atoms. The summed E-state index contributed by atoms with van der Waals surface area (Å²) < 4.78 is 40.8. The molecular formula is C15H23FN2O2S. The van der Waals surface area contributed by atoms with Gasteiger partial charge in [-0.1, -0.05) is 25.8 Å². The zero-order chi connectivity index (χ0) is 15.5. The minimum atomic E-state index is -3.82. The van der Waals surface area contributed by atoms with Crippen LogP contribution in [0.4, 0.5) is 4.39 Å². The molecular weight excluding hydrogens is 291 g/mol. The van der Waals surface area contributed by atoms with E-state index in [4.69, 9.17) is 5.73 Å². The molecule has 118 valence electrons. The Labute approximate surface area is 126 Å². The van der Waals surface area contributed by atoms with Gasteiger partial charge >= 0.3 is 0 Å². The first-order valence-electron chi connectivity index (χ1n) is 7.40. The summed E-state index contributed by atoms with van der Waals surface area (Å²) in [4.78, 5) is -0.311. The van der Waals surface area contributed by atoms with Crippen LogP contribution in [0.25, 0.3) is 0 Å². The van der Waals surface area contributed by atoms with Gasteiger partial charge < -0.3 is 5.73 Å². The van der Waals surface area contributed by atoms with Gasteiger partial charge in [0.1, 0.15) is 10.7 Å². The highest BCUT2D eigenvalue weighted by Crippen LogP contribution is 2.28. The third kappa shape index (κ3) is 4.25. The van der Waals surface area contributed by atoms with Gasteiger partial charge in [0.15, 0.2) is 0 Å².